The second-order valence-electron chi connectivity index (χ2n) is 14.4. The van der Waals surface area contributed by atoms with Gasteiger partial charge in [-0.1, -0.05) is 6.42 Å². The molecule has 0 radical (unpaired) electrons. The molecule has 0 spiro atoms. The van der Waals surface area contributed by atoms with Gasteiger partial charge >= 0.3 is 6.09 Å². The molecule has 13 nitrogen and oxygen atoms in total. The van der Waals surface area contributed by atoms with Crippen molar-refractivity contribution in [3.63, 3.8) is 0 Å². The van der Waals surface area contributed by atoms with Crippen LogP contribution in [0.1, 0.15) is 62.8 Å². The number of amides is 1. The normalized spacial score (nSPS) is 15.5. The van der Waals surface area contributed by atoms with Gasteiger partial charge in [0.25, 0.3) is 0 Å². The molecular weight excluding hydrogens is 646 g/mol. The Morgan fingerprint density at radius 1 is 0.980 bits per heavy atom. The quantitative estimate of drug-likeness (QED) is 0.186. The first-order valence-electron chi connectivity index (χ1n) is 17.5. The molecule has 1 saturated heterocycles. The van der Waals surface area contributed by atoms with E-state index in [9.17, 15) is 4.79 Å². The van der Waals surface area contributed by atoms with Crippen molar-refractivity contribution in [2.75, 3.05) is 45.3 Å². The topological polar surface area (TPSA) is 125 Å². The Labute approximate surface area is 296 Å². The van der Waals surface area contributed by atoms with Crippen molar-refractivity contribution in [1.29, 1.82) is 0 Å². The van der Waals surface area contributed by atoms with Gasteiger partial charge in [-0.05, 0) is 70.2 Å². The molecule has 0 atom stereocenters. The summed E-state index contributed by atoms with van der Waals surface area (Å²) in [5.41, 5.74) is 5.76. The fraction of sp³-hybridized carbons (Fsp3) is 0.421. The van der Waals surface area contributed by atoms with Crippen molar-refractivity contribution in [3.8, 4) is 22.9 Å². The number of benzene rings is 1. The number of hydrogen-bond acceptors (Lipinski definition) is 10. The van der Waals surface area contributed by atoms with E-state index in [1.54, 1.807) is 19.1 Å². The Bertz CT molecular complexity index is 2280. The third kappa shape index (κ3) is 5.93. The predicted molar refractivity (Wildman–Crippen MR) is 195 cm³/mol. The fourth-order valence-electron chi connectivity index (χ4n) is 7.19. The zero-order valence-electron chi connectivity index (χ0n) is 30.0. The Morgan fingerprint density at radius 3 is 2.49 bits per heavy atom. The summed E-state index contributed by atoms with van der Waals surface area (Å²) in [5.74, 6) is 4.09. The standard InChI is InChI=1S/C38H43N9O4/c1-23-21-46-32-27(12-13-40-35(32)47(36(46)41-23)22-25-10-11-26(49-5)18-30(25)50-6)33-42-29-20-39-19-28(24-8-7-9-24)31(29)34(43-33)44-14-16-45(17-15-44)37(48)51-38(2,3)4/h10-13,18-21,24H,7-9,14-17,22H2,1-6H3. The van der Waals surface area contributed by atoms with Crippen molar-refractivity contribution in [3.05, 3.63) is 65.9 Å². The van der Waals surface area contributed by atoms with Crippen LogP contribution >= 0.6 is 0 Å². The molecule has 1 saturated carbocycles. The monoisotopic (exact) mass is 689 g/mol. The van der Waals surface area contributed by atoms with E-state index in [1.807, 2.05) is 76.7 Å². The van der Waals surface area contributed by atoms with E-state index in [4.69, 9.17) is 34.1 Å². The van der Waals surface area contributed by atoms with Gasteiger partial charge in [0.2, 0.25) is 5.78 Å². The maximum absolute atomic E-state index is 12.9. The van der Waals surface area contributed by atoms with Crippen LogP contribution in [0.15, 0.2) is 49.1 Å². The zero-order chi connectivity index (χ0) is 35.4. The summed E-state index contributed by atoms with van der Waals surface area (Å²) in [5, 5.41) is 1.04. The maximum Gasteiger partial charge on any atom is 0.410 e. The molecule has 51 heavy (non-hydrogen) atoms. The molecule has 13 heteroatoms. The number of rotatable bonds is 7. The minimum atomic E-state index is -0.550. The number of pyridine rings is 2. The van der Waals surface area contributed by atoms with Crippen LogP contribution in [0.2, 0.25) is 0 Å². The Kier molecular flexibility index (Phi) is 8.15. The van der Waals surface area contributed by atoms with Crippen LogP contribution in [0.25, 0.3) is 39.2 Å². The molecule has 8 rings (SSSR count). The van der Waals surface area contributed by atoms with Crippen LogP contribution in [0.4, 0.5) is 10.6 Å². The molecule has 2 fully saturated rings. The van der Waals surface area contributed by atoms with Crippen LogP contribution in [-0.4, -0.2) is 90.9 Å². The molecule has 1 amide bonds. The van der Waals surface area contributed by atoms with Crippen molar-refractivity contribution >= 4 is 39.8 Å². The van der Waals surface area contributed by atoms with E-state index in [-0.39, 0.29) is 6.09 Å². The molecule has 0 N–H and O–H groups in total. The van der Waals surface area contributed by atoms with Gasteiger partial charge in [-0.25, -0.2) is 24.7 Å². The highest BCUT2D eigenvalue weighted by Gasteiger charge is 2.31. The third-order valence-electron chi connectivity index (χ3n) is 9.91. The Morgan fingerprint density at radius 2 is 1.78 bits per heavy atom. The predicted octanol–water partition coefficient (Wildman–Crippen LogP) is 6.39. The number of hydrogen-bond donors (Lipinski definition) is 0. The van der Waals surface area contributed by atoms with Crippen LogP contribution in [0, 0.1) is 6.92 Å². The van der Waals surface area contributed by atoms with E-state index in [1.165, 1.54) is 12.0 Å². The van der Waals surface area contributed by atoms with Gasteiger partial charge in [-0.2, -0.15) is 0 Å². The average Bonchev–Trinajstić information content (AvgIpc) is 3.61. The first-order chi connectivity index (χ1) is 24.6. The summed E-state index contributed by atoms with van der Waals surface area (Å²) in [7, 11) is 3.31. The number of aryl methyl sites for hydroxylation is 1. The van der Waals surface area contributed by atoms with Crippen molar-refractivity contribution in [2.24, 2.45) is 0 Å². The summed E-state index contributed by atoms with van der Waals surface area (Å²) >= 11 is 0. The van der Waals surface area contributed by atoms with Gasteiger partial charge in [-0.15, -0.1) is 0 Å². The van der Waals surface area contributed by atoms with Gasteiger partial charge in [0.1, 0.15) is 28.4 Å². The molecule has 0 unspecified atom stereocenters. The number of ether oxygens (including phenoxy) is 3. The average molecular weight is 690 g/mol. The highest BCUT2D eigenvalue weighted by molar-refractivity contribution is 5.97. The number of fused-ring (bicyclic) bond motifs is 4. The lowest BCUT2D eigenvalue weighted by atomic mass is 9.79. The van der Waals surface area contributed by atoms with Crippen LogP contribution in [0.5, 0.6) is 11.5 Å². The van der Waals surface area contributed by atoms with Crippen molar-refractivity contribution < 1.29 is 19.0 Å². The van der Waals surface area contributed by atoms with E-state index in [0.717, 1.165) is 74.8 Å². The summed E-state index contributed by atoms with van der Waals surface area (Å²) in [4.78, 5) is 42.1. The molecular formula is C38H43N9O4. The highest BCUT2D eigenvalue weighted by Crippen LogP contribution is 2.42. The molecule has 1 aliphatic heterocycles. The number of nitrogens with zero attached hydrogens (tertiary/aromatic N) is 9. The van der Waals surface area contributed by atoms with Crippen LogP contribution in [0.3, 0.4) is 0 Å². The minimum Gasteiger partial charge on any atom is -0.497 e. The molecule has 1 aliphatic carbocycles. The van der Waals surface area contributed by atoms with Gasteiger partial charge in [0.15, 0.2) is 11.5 Å². The van der Waals surface area contributed by atoms with Crippen LogP contribution in [-0.2, 0) is 11.3 Å². The number of carbonyl (C=O) groups excluding carboxylic acids is 1. The molecule has 5 aromatic heterocycles. The summed E-state index contributed by atoms with van der Waals surface area (Å²) in [6, 6.07) is 7.80. The van der Waals surface area contributed by atoms with E-state index >= 15 is 0 Å². The molecule has 0 bridgehead atoms. The lowest BCUT2D eigenvalue weighted by Gasteiger charge is -2.37. The van der Waals surface area contributed by atoms with E-state index in [0.29, 0.717) is 44.5 Å². The Hall–Kier alpha value is -5.46. The van der Waals surface area contributed by atoms with Gasteiger partial charge in [0, 0.05) is 67.3 Å². The van der Waals surface area contributed by atoms with Crippen molar-refractivity contribution in [2.45, 2.75) is 65.0 Å². The second kappa shape index (κ2) is 12.7. The van der Waals surface area contributed by atoms with Gasteiger partial charge in [-0.3, -0.25) is 14.0 Å². The first-order valence-corrected chi connectivity index (χ1v) is 17.5. The maximum atomic E-state index is 12.9. The largest absolute Gasteiger partial charge is 0.497 e. The number of anilines is 1. The minimum absolute atomic E-state index is 0.287. The molecule has 1 aromatic carbocycles. The number of methoxy groups -OCH3 is 2. The lowest BCUT2D eigenvalue weighted by Crippen LogP contribution is -2.50. The van der Waals surface area contributed by atoms with Gasteiger partial charge < -0.3 is 24.0 Å². The second-order valence-corrected chi connectivity index (χ2v) is 14.4. The first kappa shape index (κ1) is 32.7. The SMILES string of the molecule is COc1ccc(Cn2c3nccc(-c4nc(N5CCN(C(=O)OC(C)(C)C)CC5)c5c(C6CCC6)cncc5n4)c3n3cc(C)nc23)c(OC)c1. The summed E-state index contributed by atoms with van der Waals surface area (Å²) in [6.07, 6.45) is 10.8. The fourth-order valence-corrected chi connectivity index (χ4v) is 7.19. The number of piperazine rings is 1. The molecule has 6 aromatic rings. The number of carbonyl (C=O) groups is 1. The smallest absolute Gasteiger partial charge is 0.410 e. The highest BCUT2D eigenvalue weighted by atomic mass is 16.6. The molecule has 264 valence electrons. The zero-order valence-corrected chi connectivity index (χ0v) is 30.0. The molecule has 6 heterocycles. The van der Waals surface area contributed by atoms with Crippen molar-refractivity contribution in [1.82, 2.24) is 38.8 Å². The van der Waals surface area contributed by atoms with E-state index in [2.05, 4.69) is 18.9 Å². The Balaban J connectivity index is 1.25. The summed E-state index contributed by atoms with van der Waals surface area (Å²) in [6.45, 7) is 10.5. The molecule has 2 aliphatic rings. The van der Waals surface area contributed by atoms with Gasteiger partial charge in [0.05, 0.1) is 38.2 Å². The number of imidazole rings is 2. The number of aromatic nitrogens is 7. The lowest BCUT2D eigenvalue weighted by molar-refractivity contribution is 0.0240. The van der Waals surface area contributed by atoms with Crippen LogP contribution < -0.4 is 14.4 Å². The van der Waals surface area contributed by atoms with E-state index < -0.39 is 5.60 Å². The summed E-state index contributed by atoms with van der Waals surface area (Å²) < 4.78 is 21.1. The third-order valence-corrected chi connectivity index (χ3v) is 9.91.